The number of aromatic nitrogens is 2. The number of nitrogens with one attached hydrogen (secondary N) is 2. The Labute approximate surface area is 106 Å². The molecule has 1 aromatic heterocycles. The van der Waals surface area contributed by atoms with Crippen LogP contribution in [0.25, 0.3) is 0 Å². The Bertz CT molecular complexity index is 426. The first-order chi connectivity index (χ1) is 7.90. The number of amides is 1. The molecule has 7 heteroatoms. The quantitative estimate of drug-likeness (QED) is 0.681. The van der Waals surface area contributed by atoms with Gasteiger partial charge in [0.05, 0.1) is 5.69 Å². The predicted octanol–water partition coefficient (Wildman–Crippen LogP) is 0.461. The van der Waals surface area contributed by atoms with Crippen molar-refractivity contribution in [3.8, 4) is 0 Å². The number of nitrogens with two attached hydrogens (primary N) is 1. The molecule has 94 valence electrons. The van der Waals surface area contributed by atoms with Gasteiger partial charge in [0.15, 0.2) is 10.8 Å². The van der Waals surface area contributed by atoms with Crippen molar-refractivity contribution in [1.29, 1.82) is 0 Å². The summed E-state index contributed by atoms with van der Waals surface area (Å²) >= 11 is 5.10. The fourth-order valence-corrected chi connectivity index (χ4v) is 1.42. The second kappa shape index (κ2) is 5.62. The molecule has 1 heterocycles. The fourth-order valence-electron chi connectivity index (χ4n) is 1.23. The molecule has 1 rings (SSSR count). The lowest BCUT2D eigenvalue weighted by atomic mass is 10.2. The lowest BCUT2D eigenvalue weighted by molar-refractivity contribution is 0.0995. The van der Waals surface area contributed by atoms with Gasteiger partial charge >= 0.3 is 0 Å². The van der Waals surface area contributed by atoms with Crippen LogP contribution in [0.5, 0.6) is 0 Å². The maximum absolute atomic E-state index is 11.1. The van der Waals surface area contributed by atoms with E-state index in [9.17, 15) is 4.79 Å². The summed E-state index contributed by atoms with van der Waals surface area (Å²) in [5, 5.41) is 10.3. The van der Waals surface area contributed by atoms with Crippen molar-refractivity contribution in [2.75, 3.05) is 11.9 Å². The number of primary amides is 1. The van der Waals surface area contributed by atoms with Gasteiger partial charge in [0.1, 0.15) is 0 Å². The molecule has 0 atom stereocenters. The molecule has 0 saturated carbocycles. The van der Waals surface area contributed by atoms with Gasteiger partial charge < -0.3 is 16.4 Å². The first-order valence-electron chi connectivity index (χ1n) is 5.28. The van der Waals surface area contributed by atoms with Gasteiger partial charge in [-0.2, -0.15) is 5.10 Å². The number of aryl methyl sites for hydroxylation is 1. The highest BCUT2D eigenvalue weighted by Crippen LogP contribution is 2.12. The second-order valence-electron chi connectivity index (χ2n) is 4.16. The van der Waals surface area contributed by atoms with Crippen LogP contribution in [0.15, 0.2) is 6.20 Å². The molecule has 1 amide bonds. The van der Waals surface area contributed by atoms with Crippen LogP contribution in [-0.4, -0.2) is 27.3 Å². The third-order valence-electron chi connectivity index (χ3n) is 1.98. The zero-order valence-electron chi connectivity index (χ0n) is 10.2. The Hall–Kier alpha value is -1.63. The zero-order chi connectivity index (χ0) is 13.0. The van der Waals surface area contributed by atoms with Crippen LogP contribution < -0.4 is 16.4 Å². The van der Waals surface area contributed by atoms with E-state index in [1.54, 1.807) is 13.2 Å². The van der Waals surface area contributed by atoms with Gasteiger partial charge in [-0.25, -0.2) is 0 Å². The highest BCUT2D eigenvalue weighted by molar-refractivity contribution is 7.80. The average molecular weight is 255 g/mol. The van der Waals surface area contributed by atoms with Gasteiger partial charge in [0, 0.05) is 19.8 Å². The molecule has 17 heavy (non-hydrogen) atoms. The average Bonchev–Trinajstić information content (AvgIpc) is 2.56. The summed E-state index contributed by atoms with van der Waals surface area (Å²) in [6.45, 7) is 4.92. The van der Waals surface area contributed by atoms with E-state index in [0.717, 1.165) is 6.54 Å². The highest BCUT2D eigenvalue weighted by atomic mass is 32.1. The molecular weight excluding hydrogens is 238 g/mol. The predicted molar refractivity (Wildman–Crippen MR) is 70.8 cm³/mol. The Morgan fingerprint density at radius 2 is 2.29 bits per heavy atom. The van der Waals surface area contributed by atoms with Crippen LogP contribution in [0, 0.1) is 5.92 Å². The lowest BCUT2D eigenvalue weighted by Gasteiger charge is -2.11. The number of carbonyl (C=O) groups excluding carboxylic acids is 1. The monoisotopic (exact) mass is 255 g/mol. The molecule has 4 N–H and O–H groups in total. The largest absolute Gasteiger partial charge is 0.364 e. The fraction of sp³-hybridized carbons (Fsp3) is 0.500. The number of thiocarbonyl (C=S) groups is 1. The lowest BCUT2D eigenvalue weighted by Crippen LogP contribution is -2.32. The number of hydrogen-bond donors (Lipinski definition) is 3. The molecular formula is C10H17N5OS. The topological polar surface area (TPSA) is 85.0 Å². The van der Waals surface area contributed by atoms with E-state index in [0.29, 0.717) is 16.7 Å². The number of anilines is 1. The molecule has 0 radical (unpaired) electrons. The standard InChI is InChI=1S/C10H17N5OS/c1-6(2)4-12-10(17)13-7-5-15(3)14-8(7)9(11)16/h5-6H,4H2,1-3H3,(H2,11,16)(H2,12,13,17). The molecule has 0 aromatic carbocycles. The van der Waals surface area contributed by atoms with Crippen molar-refractivity contribution in [3.05, 3.63) is 11.9 Å². The second-order valence-corrected chi connectivity index (χ2v) is 4.57. The summed E-state index contributed by atoms with van der Waals surface area (Å²) in [4.78, 5) is 11.1. The first-order valence-corrected chi connectivity index (χ1v) is 5.69. The van der Waals surface area contributed by atoms with E-state index < -0.39 is 5.91 Å². The van der Waals surface area contributed by atoms with Crippen LogP contribution in [0.1, 0.15) is 24.3 Å². The van der Waals surface area contributed by atoms with Crippen molar-refractivity contribution < 1.29 is 4.79 Å². The normalized spacial score (nSPS) is 10.4. The Morgan fingerprint density at radius 1 is 1.65 bits per heavy atom. The minimum Gasteiger partial charge on any atom is -0.364 e. The minimum atomic E-state index is -0.584. The molecule has 0 spiro atoms. The van der Waals surface area contributed by atoms with Crippen LogP contribution in [0.2, 0.25) is 0 Å². The Balaban J connectivity index is 2.68. The van der Waals surface area contributed by atoms with E-state index in [1.165, 1.54) is 4.68 Å². The summed E-state index contributed by atoms with van der Waals surface area (Å²) < 4.78 is 1.51. The van der Waals surface area contributed by atoms with Crippen molar-refractivity contribution in [2.45, 2.75) is 13.8 Å². The molecule has 0 aliphatic rings. The van der Waals surface area contributed by atoms with Crippen LogP contribution in [0.4, 0.5) is 5.69 Å². The maximum Gasteiger partial charge on any atom is 0.271 e. The minimum absolute atomic E-state index is 0.182. The molecule has 1 aromatic rings. The third-order valence-corrected chi connectivity index (χ3v) is 2.23. The van der Waals surface area contributed by atoms with Gasteiger partial charge in [-0.15, -0.1) is 0 Å². The SMILES string of the molecule is CC(C)CNC(=S)Nc1cn(C)nc1C(N)=O. The Morgan fingerprint density at radius 3 is 2.82 bits per heavy atom. The highest BCUT2D eigenvalue weighted by Gasteiger charge is 2.13. The smallest absolute Gasteiger partial charge is 0.271 e. The van der Waals surface area contributed by atoms with Crippen LogP contribution in [-0.2, 0) is 7.05 Å². The molecule has 0 fully saturated rings. The number of nitrogens with zero attached hydrogens (tertiary/aromatic N) is 2. The number of carbonyl (C=O) groups is 1. The maximum atomic E-state index is 11.1. The molecule has 0 unspecified atom stereocenters. The van der Waals surface area contributed by atoms with Gasteiger partial charge in [-0.05, 0) is 18.1 Å². The number of hydrogen-bond acceptors (Lipinski definition) is 3. The molecule has 0 aliphatic carbocycles. The molecule has 0 aliphatic heterocycles. The van der Waals surface area contributed by atoms with Gasteiger partial charge in [0.2, 0.25) is 0 Å². The Kier molecular flexibility index (Phi) is 4.45. The summed E-state index contributed by atoms with van der Waals surface area (Å²) in [5.41, 5.74) is 5.90. The van der Waals surface area contributed by atoms with E-state index in [4.69, 9.17) is 18.0 Å². The van der Waals surface area contributed by atoms with Crippen molar-refractivity contribution in [1.82, 2.24) is 15.1 Å². The summed E-state index contributed by atoms with van der Waals surface area (Å²) in [6.07, 6.45) is 1.66. The van der Waals surface area contributed by atoms with Crippen molar-refractivity contribution >= 4 is 28.9 Å². The molecule has 0 bridgehead atoms. The van der Waals surface area contributed by atoms with Crippen LogP contribution >= 0.6 is 12.2 Å². The first kappa shape index (κ1) is 13.4. The van der Waals surface area contributed by atoms with E-state index in [2.05, 4.69) is 29.6 Å². The molecule has 6 nitrogen and oxygen atoms in total. The van der Waals surface area contributed by atoms with E-state index in [-0.39, 0.29) is 5.69 Å². The van der Waals surface area contributed by atoms with E-state index in [1.807, 2.05) is 0 Å². The summed E-state index contributed by atoms with van der Waals surface area (Å²) in [6, 6.07) is 0. The number of rotatable bonds is 4. The summed E-state index contributed by atoms with van der Waals surface area (Å²) in [7, 11) is 1.71. The summed E-state index contributed by atoms with van der Waals surface area (Å²) in [5.74, 6) is -0.0981. The van der Waals surface area contributed by atoms with Crippen molar-refractivity contribution in [2.24, 2.45) is 18.7 Å². The van der Waals surface area contributed by atoms with Gasteiger partial charge in [-0.1, -0.05) is 13.8 Å². The van der Waals surface area contributed by atoms with Crippen molar-refractivity contribution in [3.63, 3.8) is 0 Å². The van der Waals surface area contributed by atoms with E-state index >= 15 is 0 Å². The zero-order valence-corrected chi connectivity index (χ0v) is 11.0. The van der Waals surface area contributed by atoms with Gasteiger partial charge in [-0.3, -0.25) is 9.48 Å². The van der Waals surface area contributed by atoms with Crippen LogP contribution in [0.3, 0.4) is 0 Å². The molecule has 0 saturated heterocycles. The van der Waals surface area contributed by atoms with Gasteiger partial charge in [0.25, 0.3) is 5.91 Å². The third kappa shape index (κ3) is 4.03.